The van der Waals surface area contributed by atoms with Crippen LogP contribution in [0, 0.1) is 0 Å². The number of rotatable bonds is 5. The van der Waals surface area contributed by atoms with E-state index in [0.717, 1.165) is 25.1 Å². The Labute approximate surface area is 128 Å². The van der Waals surface area contributed by atoms with Gasteiger partial charge in [-0.05, 0) is 38.3 Å². The predicted molar refractivity (Wildman–Crippen MR) is 70.8 cm³/mol. The van der Waals surface area contributed by atoms with Crippen molar-refractivity contribution in [3.63, 3.8) is 0 Å². The van der Waals surface area contributed by atoms with Crippen molar-refractivity contribution < 1.29 is 35.5 Å². The fourth-order valence-electron chi connectivity index (χ4n) is 2.14. The van der Waals surface area contributed by atoms with E-state index in [1.165, 1.54) is 6.92 Å². The largest absolute Gasteiger partial charge is 0.493 e. The van der Waals surface area contributed by atoms with Gasteiger partial charge in [0.05, 0.1) is 18.0 Å². The van der Waals surface area contributed by atoms with Gasteiger partial charge in [0.25, 0.3) is 0 Å². The molecule has 0 spiro atoms. The van der Waals surface area contributed by atoms with Gasteiger partial charge in [0.2, 0.25) is 0 Å². The molecular formula is C15H15F7O. The quantitative estimate of drug-likeness (QED) is 0.602. The van der Waals surface area contributed by atoms with Crippen molar-refractivity contribution in [2.24, 2.45) is 0 Å². The molecule has 0 radical (unpaired) electrons. The first kappa shape index (κ1) is 19.3. The summed E-state index contributed by atoms with van der Waals surface area (Å²) in [5.41, 5.74) is -4.17. The normalized spacial score (nSPS) is 13.3. The highest BCUT2D eigenvalue weighted by Crippen LogP contribution is 2.46. The molecule has 0 bridgehead atoms. The van der Waals surface area contributed by atoms with Crippen LogP contribution in [0.15, 0.2) is 24.0 Å². The second-order valence-electron chi connectivity index (χ2n) is 4.73. The summed E-state index contributed by atoms with van der Waals surface area (Å²) < 4.78 is 96.3. The fraction of sp³-hybridized carbons (Fsp3) is 0.467. The number of hydrogen-bond donors (Lipinski definition) is 0. The standard InChI is InChI=1S/C15H15F7O/c1-3-23-11-8-7-10(6-4-5-9(2)16)12(14(17,18)19)13(11)15(20,21)22/h5,7-8H,3-4,6H2,1-2H3/b9-5-. The van der Waals surface area contributed by atoms with Crippen molar-refractivity contribution >= 4 is 0 Å². The molecule has 1 nitrogen and oxygen atoms in total. The maximum atomic E-state index is 13.2. The number of hydrogen-bond acceptors (Lipinski definition) is 1. The number of benzene rings is 1. The lowest BCUT2D eigenvalue weighted by molar-refractivity contribution is -0.163. The van der Waals surface area contributed by atoms with Crippen LogP contribution in [0.3, 0.4) is 0 Å². The van der Waals surface area contributed by atoms with Gasteiger partial charge < -0.3 is 4.74 Å². The molecule has 0 N–H and O–H groups in total. The summed E-state index contributed by atoms with van der Waals surface area (Å²) in [7, 11) is 0. The number of ether oxygens (including phenoxy) is 1. The third-order valence-corrected chi connectivity index (χ3v) is 2.96. The molecule has 0 amide bonds. The van der Waals surface area contributed by atoms with Gasteiger partial charge in [0, 0.05) is 0 Å². The van der Waals surface area contributed by atoms with E-state index in [9.17, 15) is 30.7 Å². The van der Waals surface area contributed by atoms with E-state index in [2.05, 4.69) is 0 Å². The van der Waals surface area contributed by atoms with Gasteiger partial charge in [0.15, 0.2) is 0 Å². The molecule has 1 rings (SSSR count). The Balaban J connectivity index is 3.51. The van der Waals surface area contributed by atoms with Crippen LogP contribution in [-0.4, -0.2) is 6.61 Å². The van der Waals surface area contributed by atoms with Gasteiger partial charge in [-0.1, -0.05) is 12.1 Å². The van der Waals surface area contributed by atoms with Crippen LogP contribution < -0.4 is 4.74 Å². The van der Waals surface area contributed by atoms with E-state index in [-0.39, 0.29) is 19.4 Å². The summed E-state index contributed by atoms with van der Waals surface area (Å²) in [4.78, 5) is 0. The fourth-order valence-corrected chi connectivity index (χ4v) is 2.14. The van der Waals surface area contributed by atoms with Crippen molar-refractivity contribution in [2.45, 2.75) is 39.0 Å². The smallest absolute Gasteiger partial charge is 0.420 e. The summed E-state index contributed by atoms with van der Waals surface area (Å²) in [6, 6.07) is 1.80. The van der Waals surface area contributed by atoms with Crippen LogP contribution in [0.25, 0.3) is 0 Å². The average Bonchev–Trinajstić information content (AvgIpc) is 2.37. The number of allylic oxidation sites excluding steroid dienone is 2. The zero-order chi connectivity index (χ0) is 17.8. The molecule has 0 aliphatic rings. The van der Waals surface area contributed by atoms with Crippen molar-refractivity contribution in [2.75, 3.05) is 6.61 Å². The molecule has 0 aromatic heterocycles. The Bertz CT molecular complexity index is 566. The van der Waals surface area contributed by atoms with Crippen molar-refractivity contribution in [3.05, 3.63) is 40.7 Å². The first-order valence-electron chi connectivity index (χ1n) is 6.73. The maximum absolute atomic E-state index is 13.2. The summed E-state index contributed by atoms with van der Waals surface area (Å²) in [5.74, 6) is -1.48. The van der Waals surface area contributed by atoms with Gasteiger partial charge >= 0.3 is 12.4 Å². The molecule has 0 heterocycles. The van der Waals surface area contributed by atoms with Gasteiger partial charge in [-0.25, -0.2) is 4.39 Å². The second kappa shape index (κ2) is 7.23. The minimum absolute atomic E-state index is 0.142. The summed E-state index contributed by atoms with van der Waals surface area (Å²) in [5, 5.41) is 0. The van der Waals surface area contributed by atoms with Crippen LogP contribution in [0.5, 0.6) is 5.75 Å². The van der Waals surface area contributed by atoms with Gasteiger partial charge in [-0.2, -0.15) is 26.3 Å². The molecule has 8 heteroatoms. The van der Waals surface area contributed by atoms with Gasteiger partial charge in [-0.15, -0.1) is 0 Å². The molecule has 0 saturated heterocycles. The lowest BCUT2D eigenvalue weighted by atomic mass is 9.95. The van der Waals surface area contributed by atoms with E-state index in [0.29, 0.717) is 0 Å². The van der Waals surface area contributed by atoms with Crippen LogP contribution in [0.1, 0.15) is 37.0 Å². The minimum atomic E-state index is -5.22. The SMILES string of the molecule is CCOc1ccc(CC/C=C(/C)F)c(C(F)(F)F)c1C(F)(F)F. The molecule has 1 aromatic carbocycles. The van der Waals surface area contributed by atoms with E-state index in [1.54, 1.807) is 0 Å². The first-order chi connectivity index (χ1) is 10.5. The number of aryl methyl sites for hydroxylation is 1. The minimum Gasteiger partial charge on any atom is -0.493 e. The molecule has 0 unspecified atom stereocenters. The predicted octanol–water partition coefficient (Wildman–Crippen LogP) is 5.93. The molecule has 0 saturated carbocycles. The van der Waals surface area contributed by atoms with Crippen LogP contribution in [-0.2, 0) is 18.8 Å². The average molecular weight is 344 g/mol. The van der Waals surface area contributed by atoms with E-state index in [1.807, 2.05) is 0 Å². The highest BCUT2D eigenvalue weighted by atomic mass is 19.4. The van der Waals surface area contributed by atoms with Crippen molar-refractivity contribution in [3.8, 4) is 5.75 Å². The molecule has 0 atom stereocenters. The lowest BCUT2D eigenvalue weighted by Gasteiger charge is -2.22. The van der Waals surface area contributed by atoms with Gasteiger partial charge in [-0.3, -0.25) is 0 Å². The zero-order valence-electron chi connectivity index (χ0n) is 12.4. The second-order valence-corrected chi connectivity index (χ2v) is 4.73. The molecule has 23 heavy (non-hydrogen) atoms. The van der Waals surface area contributed by atoms with Gasteiger partial charge in [0.1, 0.15) is 11.3 Å². The summed E-state index contributed by atoms with van der Waals surface area (Å²) >= 11 is 0. The molecule has 0 aliphatic heterocycles. The number of alkyl halides is 6. The monoisotopic (exact) mass is 344 g/mol. The molecule has 0 fully saturated rings. The van der Waals surface area contributed by atoms with Crippen LogP contribution in [0.4, 0.5) is 30.7 Å². The Morgan fingerprint density at radius 2 is 1.61 bits per heavy atom. The summed E-state index contributed by atoms with van der Waals surface area (Å²) in [6.07, 6.45) is -9.93. The highest BCUT2D eigenvalue weighted by Gasteiger charge is 2.47. The van der Waals surface area contributed by atoms with Crippen LogP contribution in [0.2, 0.25) is 0 Å². The Hall–Kier alpha value is -1.73. The Morgan fingerprint density at radius 3 is 2.04 bits per heavy atom. The van der Waals surface area contributed by atoms with E-state index >= 15 is 0 Å². The van der Waals surface area contributed by atoms with Crippen molar-refractivity contribution in [1.29, 1.82) is 0 Å². The Kier molecular flexibility index (Phi) is 6.07. The maximum Gasteiger partial charge on any atom is 0.420 e. The molecule has 0 aliphatic carbocycles. The van der Waals surface area contributed by atoms with Crippen molar-refractivity contribution in [1.82, 2.24) is 0 Å². The first-order valence-corrected chi connectivity index (χ1v) is 6.73. The molecule has 1 aromatic rings. The third-order valence-electron chi connectivity index (χ3n) is 2.96. The van der Waals surface area contributed by atoms with E-state index in [4.69, 9.17) is 4.74 Å². The molecular weight excluding hydrogens is 329 g/mol. The van der Waals surface area contributed by atoms with Crippen LogP contribution >= 0.6 is 0 Å². The van der Waals surface area contributed by atoms with E-state index < -0.39 is 40.6 Å². The third kappa shape index (κ3) is 5.14. The topological polar surface area (TPSA) is 9.23 Å². The zero-order valence-corrected chi connectivity index (χ0v) is 12.4. The summed E-state index contributed by atoms with van der Waals surface area (Å²) in [6.45, 7) is 2.27. The lowest BCUT2D eigenvalue weighted by Crippen LogP contribution is -2.20. The number of halogens is 7. The molecule has 130 valence electrons. The highest BCUT2D eigenvalue weighted by molar-refractivity contribution is 5.49. The Morgan fingerprint density at radius 1 is 1.04 bits per heavy atom.